The Morgan fingerprint density at radius 3 is 0.862 bits per heavy atom. The van der Waals surface area contributed by atoms with E-state index in [2.05, 4.69) is 119 Å². The quantitative estimate of drug-likeness (QED) is 0.320. The average Bonchev–Trinajstić information content (AvgIpc) is 3.06. The summed E-state index contributed by atoms with van der Waals surface area (Å²) in [7, 11) is 0. The van der Waals surface area contributed by atoms with Gasteiger partial charge in [-0.15, -0.1) is 0 Å². The van der Waals surface area contributed by atoms with Crippen LogP contribution < -0.4 is 24.8 Å². The van der Waals surface area contributed by atoms with E-state index in [0.717, 1.165) is 0 Å². The van der Waals surface area contributed by atoms with Crippen LogP contribution in [0.25, 0.3) is 0 Å². The molecule has 29 heavy (non-hydrogen) atoms. The van der Waals surface area contributed by atoms with Gasteiger partial charge in [-0.3, -0.25) is 0 Å². The molecule has 0 saturated carbocycles. The minimum atomic E-state index is 0. The van der Waals surface area contributed by atoms with Crippen molar-refractivity contribution >= 4 is 0 Å². The average molecular weight is 604 g/mol. The third kappa shape index (κ3) is 10.8. The summed E-state index contributed by atoms with van der Waals surface area (Å²) in [5.74, 6) is 0. The molecule has 0 aliphatic heterocycles. The van der Waals surface area contributed by atoms with Gasteiger partial charge in [-0.1, -0.05) is 105 Å². The van der Waals surface area contributed by atoms with Gasteiger partial charge < -0.3 is 24.8 Å². The molecule has 2 rings (SSSR count). The van der Waals surface area contributed by atoms with Crippen molar-refractivity contribution in [3.8, 4) is 0 Å². The van der Waals surface area contributed by atoms with E-state index in [1.54, 1.807) is 0 Å². The second-order valence-corrected chi connectivity index (χ2v) is 11.8. The van der Waals surface area contributed by atoms with Gasteiger partial charge in [0.1, 0.15) is 0 Å². The van der Waals surface area contributed by atoms with Gasteiger partial charge in [0.2, 0.25) is 0 Å². The van der Waals surface area contributed by atoms with Crippen molar-refractivity contribution in [2.45, 2.75) is 105 Å². The van der Waals surface area contributed by atoms with Gasteiger partial charge in [0.15, 0.2) is 0 Å². The normalized spacial score (nSPS) is 12.0. The molecule has 3 heteroatoms. The molecule has 0 fully saturated rings. The molecule has 164 valence electrons. The maximum Gasteiger partial charge on any atom is 4.00 e. The van der Waals surface area contributed by atoms with Gasteiger partial charge in [0, 0.05) is 0 Å². The summed E-state index contributed by atoms with van der Waals surface area (Å²) in [4.78, 5) is 0. The first kappa shape index (κ1) is 33.8. The van der Waals surface area contributed by atoms with Crippen LogP contribution in [0.3, 0.4) is 0 Å². The molecule has 0 radical (unpaired) electrons. The van der Waals surface area contributed by atoms with Crippen LogP contribution in [0.1, 0.15) is 105 Å². The fraction of sp³-hybridized carbons (Fsp3) is 0.615. The molecule has 0 unspecified atom stereocenters. The maximum absolute atomic E-state index is 2.33. The minimum absolute atomic E-state index is 0. The van der Waals surface area contributed by atoms with Crippen molar-refractivity contribution in [3.05, 3.63) is 58.7 Å². The Morgan fingerprint density at radius 2 is 0.759 bits per heavy atom. The summed E-state index contributed by atoms with van der Waals surface area (Å²) in [6, 6.07) is 13.7. The van der Waals surface area contributed by atoms with Crippen LogP contribution in [0.15, 0.2) is 36.4 Å². The van der Waals surface area contributed by atoms with Crippen molar-refractivity contribution < 1.29 is 50.7 Å². The molecule has 0 atom stereocenters. The molecular formula is C26H42Cl2Hf. The molecule has 2 aromatic carbocycles. The van der Waals surface area contributed by atoms with Crippen molar-refractivity contribution in [3.63, 3.8) is 0 Å². The van der Waals surface area contributed by atoms with Crippen molar-refractivity contribution in [1.82, 2.24) is 0 Å². The van der Waals surface area contributed by atoms with Crippen LogP contribution in [0, 0.1) is 0 Å². The van der Waals surface area contributed by atoms with E-state index in [1.807, 2.05) is 0 Å². The van der Waals surface area contributed by atoms with E-state index in [-0.39, 0.29) is 72.3 Å². The number of rotatable bonds is 0. The smallest absolute Gasteiger partial charge is 1.00 e. The predicted octanol–water partition coefficient (Wildman–Crippen LogP) is 2.01. The summed E-state index contributed by atoms with van der Waals surface area (Å²) >= 11 is 0. The second kappa shape index (κ2) is 11.7. The summed E-state index contributed by atoms with van der Waals surface area (Å²) < 4.78 is 0. The van der Waals surface area contributed by atoms with Gasteiger partial charge in [-0.05, 0) is 0 Å². The first-order chi connectivity index (χ1) is 11.4. The van der Waals surface area contributed by atoms with Gasteiger partial charge >= 0.3 is 25.8 Å². The minimum Gasteiger partial charge on any atom is -1.00 e. The third-order valence-corrected chi connectivity index (χ3v) is 4.97. The van der Waals surface area contributed by atoms with Crippen molar-refractivity contribution in [1.29, 1.82) is 0 Å². The van der Waals surface area contributed by atoms with E-state index in [9.17, 15) is 0 Å². The Bertz CT molecular complexity index is 573. The second-order valence-electron chi connectivity index (χ2n) is 11.8. The topological polar surface area (TPSA) is 0 Å². The zero-order chi connectivity index (χ0) is 20.6. The number of hydrogen-bond acceptors (Lipinski definition) is 0. The summed E-state index contributed by atoms with van der Waals surface area (Å²) in [5.41, 5.74) is 6.89. The molecule has 0 amide bonds. The first-order valence-electron chi connectivity index (χ1n) is 9.98. The molecule has 0 bridgehead atoms. The zero-order valence-electron chi connectivity index (χ0n) is 20.7. The first-order valence-corrected chi connectivity index (χ1v) is 9.98. The van der Waals surface area contributed by atoms with Gasteiger partial charge in [0.05, 0.1) is 0 Å². The van der Waals surface area contributed by atoms with E-state index < -0.39 is 0 Å². The van der Waals surface area contributed by atoms with Crippen LogP contribution in [-0.4, -0.2) is 0 Å². The molecule has 0 aliphatic carbocycles. The molecule has 0 aliphatic rings. The van der Waals surface area contributed by atoms with E-state index in [1.165, 1.54) is 22.3 Å². The van der Waals surface area contributed by atoms with Gasteiger partial charge in [-0.2, -0.15) is 46.5 Å². The molecule has 0 heterocycles. The molecule has 0 saturated heterocycles. The standard InChI is InChI=1S/2C13H21.2ClH.Hf/c2*1-12(2,3)10-7-8-11(9-10)13(4,5)6;;;/h2*7-9H,1-6H3;2*1H;/q2*-1;;;+4/p-2. The molecule has 0 spiro atoms. The van der Waals surface area contributed by atoms with Crippen molar-refractivity contribution in [2.75, 3.05) is 0 Å². The van der Waals surface area contributed by atoms with Crippen LogP contribution in [0.5, 0.6) is 0 Å². The monoisotopic (exact) mass is 604 g/mol. The SMILES string of the molecule is CC(C)(C)c1cc[c-](C(C)(C)C)c1.CC(C)(C)c1cc[c-](C(C)(C)C)c1.[Cl-].[Cl-].[Hf+4]. The fourth-order valence-corrected chi connectivity index (χ4v) is 2.75. The number of halogens is 2. The molecular weight excluding hydrogens is 562 g/mol. The number of hydrogen-bond donors (Lipinski definition) is 0. The Hall–Kier alpha value is 0.150. The predicted molar refractivity (Wildman–Crippen MR) is 119 cm³/mol. The van der Waals surface area contributed by atoms with E-state index >= 15 is 0 Å². The fourth-order valence-electron chi connectivity index (χ4n) is 2.75. The van der Waals surface area contributed by atoms with Crippen LogP contribution in [0.4, 0.5) is 0 Å². The Morgan fingerprint density at radius 1 is 0.517 bits per heavy atom. The molecule has 0 nitrogen and oxygen atoms in total. The van der Waals surface area contributed by atoms with Gasteiger partial charge in [0.25, 0.3) is 0 Å². The maximum atomic E-state index is 2.33. The molecule has 0 N–H and O–H groups in total. The summed E-state index contributed by atoms with van der Waals surface area (Å²) in [6.45, 7) is 27.1. The summed E-state index contributed by atoms with van der Waals surface area (Å²) in [6.07, 6.45) is 0. The van der Waals surface area contributed by atoms with Crippen molar-refractivity contribution in [2.24, 2.45) is 0 Å². The third-order valence-electron chi connectivity index (χ3n) is 4.97. The van der Waals surface area contributed by atoms with Crippen LogP contribution >= 0.6 is 0 Å². The molecule has 2 aromatic rings. The Kier molecular flexibility index (Phi) is 13.6. The summed E-state index contributed by atoms with van der Waals surface area (Å²) in [5, 5.41) is 0. The van der Waals surface area contributed by atoms with E-state index in [0.29, 0.717) is 0 Å². The Labute approximate surface area is 213 Å². The Balaban J connectivity index is -0.000000422. The van der Waals surface area contributed by atoms with E-state index in [4.69, 9.17) is 0 Å². The zero-order valence-corrected chi connectivity index (χ0v) is 25.8. The van der Waals surface area contributed by atoms with Crippen LogP contribution in [0.2, 0.25) is 0 Å². The van der Waals surface area contributed by atoms with Crippen LogP contribution in [-0.2, 0) is 47.5 Å². The van der Waals surface area contributed by atoms with Gasteiger partial charge in [-0.25, -0.2) is 12.1 Å². The largest absolute Gasteiger partial charge is 4.00 e. The molecule has 0 aromatic heterocycles.